The number of aromatic nitrogens is 5. The number of hydrogen-bond donors (Lipinski definition) is 1. The van der Waals surface area contributed by atoms with Gasteiger partial charge in [-0.05, 0) is 41.1 Å². The molecule has 0 saturated carbocycles. The van der Waals surface area contributed by atoms with Crippen LogP contribution in [0.4, 0.5) is 10.5 Å². The SMILES string of the molecule is Cc1cc(-n2cnnn2)ncc1NC(=O)Oc1ccccc1. The molecule has 1 N–H and O–H groups in total. The molecule has 8 heteroatoms. The predicted molar refractivity (Wildman–Crippen MR) is 77.8 cm³/mol. The largest absolute Gasteiger partial charge is 0.417 e. The van der Waals surface area contributed by atoms with Gasteiger partial charge in [0.1, 0.15) is 12.1 Å². The highest BCUT2D eigenvalue weighted by Gasteiger charge is 2.09. The average molecular weight is 296 g/mol. The van der Waals surface area contributed by atoms with Crippen molar-refractivity contribution < 1.29 is 9.53 Å². The molecule has 1 aromatic carbocycles. The van der Waals surface area contributed by atoms with Gasteiger partial charge >= 0.3 is 6.09 Å². The predicted octanol–water partition coefficient (Wildman–Crippen LogP) is 1.98. The molecule has 0 atom stereocenters. The summed E-state index contributed by atoms with van der Waals surface area (Å²) < 4.78 is 6.59. The Hall–Kier alpha value is -3.29. The van der Waals surface area contributed by atoms with E-state index in [0.29, 0.717) is 17.3 Å². The lowest BCUT2D eigenvalue weighted by molar-refractivity contribution is 0.215. The van der Waals surface area contributed by atoms with Crippen LogP contribution in [0.2, 0.25) is 0 Å². The molecule has 2 aromatic heterocycles. The molecule has 22 heavy (non-hydrogen) atoms. The zero-order chi connectivity index (χ0) is 15.4. The topological polar surface area (TPSA) is 94.8 Å². The van der Waals surface area contributed by atoms with Crippen LogP contribution in [0.1, 0.15) is 5.56 Å². The summed E-state index contributed by atoms with van der Waals surface area (Å²) in [7, 11) is 0. The molecule has 1 amide bonds. The van der Waals surface area contributed by atoms with E-state index in [2.05, 4.69) is 25.8 Å². The van der Waals surface area contributed by atoms with Gasteiger partial charge in [-0.2, -0.15) is 4.68 Å². The maximum atomic E-state index is 11.8. The van der Waals surface area contributed by atoms with Crippen LogP contribution < -0.4 is 10.1 Å². The van der Waals surface area contributed by atoms with E-state index in [9.17, 15) is 4.79 Å². The Kier molecular flexibility index (Phi) is 3.73. The molecule has 3 aromatic rings. The van der Waals surface area contributed by atoms with Crippen molar-refractivity contribution in [1.82, 2.24) is 25.2 Å². The quantitative estimate of drug-likeness (QED) is 0.794. The van der Waals surface area contributed by atoms with Crippen molar-refractivity contribution in [3.63, 3.8) is 0 Å². The number of benzene rings is 1. The lowest BCUT2D eigenvalue weighted by Crippen LogP contribution is -2.17. The number of pyridine rings is 1. The number of hydrogen-bond acceptors (Lipinski definition) is 6. The highest BCUT2D eigenvalue weighted by Crippen LogP contribution is 2.17. The minimum absolute atomic E-state index is 0.468. The lowest BCUT2D eigenvalue weighted by atomic mass is 10.2. The Morgan fingerprint density at radius 1 is 1.27 bits per heavy atom. The molecule has 0 bridgehead atoms. The van der Waals surface area contributed by atoms with Crippen LogP contribution in [0, 0.1) is 6.92 Å². The average Bonchev–Trinajstić information content (AvgIpc) is 3.04. The number of carbonyl (C=O) groups is 1. The van der Waals surface area contributed by atoms with Crippen molar-refractivity contribution >= 4 is 11.8 Å². The van der Waals surface area contributed by atoms with Gasteiger partial charge in [0.15, 0.2) is 5.82 Å². The van der Waals surface area contributed by atoms with Crippen LogP contribution in [-0.2, 0) is 0 Å². The van der Waals surface area contributed by atoms with E-state index in [0.717, 1.165) is 5.56 Å². The lowest BCUT2D eigenvalue weighted by Gasteiger charge is -2.09. The number of ether oxygens (including phenoxy) is 1. The maximum Gasteiger partial charge on any atom is 0.417 e. The fourth-order valence-electron chi connectivity index (χ4n) is 1.79. The van der Waals surface area contributed by atoms with Gasteiger partial charge in [-0.3, -0.25) is 5.32 Å². The van der Waals surface area contributed by atoms with Crippen molar-refractivity contribution in [3.05, 3.63) is 54.5 Å². The number of amides is 1. The summed E-state index contributed by atoms with van der Waals surface area (Å²) in [4.78, 5) is 16.0. The second-order valence-electron chi connectivity index (χ2n) is 4.44. The zero-order valence-electron chi connectivity index (χ0n) is 11.7. The molecule has 0 aliphatic rings. The molecule has 0 unspecified atom stereocenters. The van der Waals surface area contributed by atoms with Crippen molar-refractivity contribution in [2.45, 2.75) is 6.92 Å². The molecule has 0 aliphatic carbocycles. The molecule has 0 saturated heterocycles. The van der Waals surface area contributed by atoms with Gasteiger partial charge < -0.3 is 4.74 Å². The molecular formula is C14H12N6O2. The second-order valence-corrected chi connectivity index (χ2v) is 4.44. The smallest absolute Gasteiger partial charge is 0.410 e. The zero-order valence-corrected chi connectivity index (χ0v) is 11.7. The Labute approximate surface area is 125 Å². The van der Waals surface area contributed by atoms with Gasteiger partial charge in [0.2, 0.25) is 0 Å². The van der Waals surface area contributed by atoms with Crippen LogP contribution in [0.25, 0.3) is 5.82 Å². The fourth-order valence-corrected chi connectivity index (χ4v) is 1.79. The monoisotopic (exact) mass is 296 g/mol. The van der Waals surface area contributed by atoms with Crippen LogP contribution in [0.5, 0.6) is 5.75 Å². The van der Waals surface area contributed by atoms with E-state index < -0.39 is 6.09 Å². The Balaban J connectivity index is 1.71. The molecule has 3 rings (SSSR count). The highest BCUT2D eigenvalue weighted by molar-refractivity contribution is 5.87. The summed E-state index contributed by atoms with van der Waals surface area (Å²) >= 11 is 0. The van der Waals surface area contributed by atoms with Crippen LogP contribution >= 0.6 is 0 Å². The first-order valence-corrected chi connectivity index (χ1v) is 6.46. The van der Waals surface area contributed by atoms with E-state index in [-0.39, 0.29) is 0 Å². The number of para-hydroxylation sites is 1. The number of anilines is 1. The van der Waals surface area contributed by atoms with Crippen LogP contribution in [-0.4, -0.2) is 31.3 Å². The van der Waals surface area contributed by atoms with E-state index in [1.165, 1.54) is 17.2 Å². The first-order valence-electron chi connectivity index (χ1n) is 6.46. The van der Waals surface area contributed by atoms with E-state index >= 15 is 0 Å². The number of nitrogens with one attached hydrogen (secondary N) is 1. The molecule has 110 valence electrons. The maximum absolute atomic E-state index is 11.8. The summed E-state index contributed by atoms with van der Waals surface area (Å²) in [5.41, 5.74) is 1.36. The van der Waals surface area contributed by atoms with Gasteiger partial charge in [0.25, 0.3) is 0 Å². The third-order valence-electron chi connectivity index (χ3n) is 2.87. The Morgan fingerprint density at radius 3 is 2.77 bits per heavy atom. The van der Waals surface area contributed by atoms with Gasteiger partial charge in [0.05, 0.1) is 11.9 Å². The third-order valence-corrected chi connectivity index (χ3v) is 2.87. The van der Waals surface area contributed by atoms with E-state index in [4.69, 9.17) is 4.74 Å². The molecule has 0 fully saturated rings. The first kappa shape index (κ1) is 13.7. The van der Waals surface area contributed by atoms with Gasteiger partial charge in [0, 0.05) is 0 Å². The third kappa shape index (κ3) is 3.06. The summed E-state index contributed by atoms with van der Waals surface area (Å²) in [6, 6.07) is 10.6. The second kappa shape index (κ2) is 6.00. The molecular weight excluding hydrogens is 284 g/mol. The fraction of sp³-hybridized carbons (Fsp3) is 0.0714. The van der Waals surface area contributed by atoms with Crippen molar-refractivity contribution in [2.75, 3.05) is 5.32 Å². The van der Waals surface area contributed by atoms with Gasteiger partial charge in [-0.25, -0.2) is 9.78 Å². The number of carbonyl (C=O) groups excluding carboxylic acids is 1. The molecule has 0 aliphatic heterocycles. The summed E-state index contributed by atoms with van der Waals surface area (Å²) in [6.07, 6.45) is 2.39. The molecule has 0 radical (unpaired) electrons. The number of tetrazole rings is 1. The highest BCUT2D eigenvalue weighted by atomic mass is 16.6. The molecule has 0 spiro atoms. The van der Waals surface area contributed by atoms with E-state index in [1.807, 2.05) is 13.0 Å². The van der Waals surface area contributed by atoms with Crippen molar-refractivity contribution in [1.29, 1.82) is 0 Å². The summed E-state index contributed by atoms with van der Waals surface area (Å²) in [6.45, 7) is 1.84. The van der Waals surface area contributed by atoms with Crippen LogP contribution in [0.3, 0.4) is 0 Å². The number of aryl methyl sites for hydroxylation is 1. The van der Waals surface area contributed by atoms with Gasteiger partial charge in [-0.1, -0.05) is 18.2 Å². The van der Waals surface area contributed by atoms with Gasteiger partial charge in [-0.15, -0.1) is 5.10 Å². The minimum Gasteiger partial charge on any atom is -0.410 e. The summed E-state index contributed by atoms with van der Waals surface area (Å²) in [5, 5.41) is 13.5. The standard InChI is InChI=1S/C14H12N6O2/c1-10-7-13(20-9-16-18-19-20)15-8-12(10)17-14(21)22-11-5-3-2-4-6-11/h2-9H,1H3,(H,17,21). The van der Waals surface area contributed by atoms with Crippen molar-refractivity contribution in [3.8, 4) is 11.6 Å². The van der Waals surface area contributed by atoms with Crippen LogP contribution in [0.15, 0.2) is 48.9 Å². The normalized spacial score (nSPS) is 10.2. The first-order chi connectivity index (χ1) is 10.7. The number of rotatable bonds is 3. The van der Waals surface area contributed by atoms with Crippen molar-refractivity contribution in [2.24, 2.45) is 0 Å². The van der Waals surface area contributed by atoms with E-state index in [1.54, 1.807) is 30.3 Å². The number of nitrogens with zero attached hydrogens (tertiary/aromatic N) is 5. The molecule has 2 heterocycles. The summed E-state index contributed by atoms with van der Waals surface area (Å²) in [5.74, 6) is 1.03. The Morgan fingerprint density at radius 2 is 2.09 bits per heavy atom. The minimum atomic E-state index is -0.578. The Bertz CT molecular complexity index is 773. The molecule has 8 nitrogen and oxygen atoms in total.